The number of carbonyl (C=O) groups is 2. The number of nitrogens with zero attached hydrogens (tertiary/aromatic N) is 1. The van der Waals surface area contributed by atoms with Gasteiger partial charge in [-0.15, -0.1) is 0 Å². The minimum Gasteiger partial charge on any atom is -0.482 e. The summed E-state index contributed by atoms with van der Waals surface area (Å²) in [5.41, 5.74) is 3.08. The van der Waals surface area contributed by atoms with Crippen LogP contribution in [-0.2, 0) is 4.79 Å². The van der Waals surface area contributed by atoms with Gasteiger partial charge in [-0.05, 0) is 55.0 Å². The average Bonchev–Trinajstić information content (AvgIpc) is 2.68. The molecule has 7 heteroatoms. The lowest BCUT2D eigenvalue weighted by atomic mass is 10.1. The highest BCUT2D eigenvalue weighted by molar-refractivity contribution is 6.04. The number of aliphatic carboxylic acids is 1. The number of hydrogen-bond donors (Lipinski definition) is 3. The summed E-state index contributed by atoms with van der Waals surface area (Å²) in [7, 11) is 0. The molecule has 1 aliphatic heterocycles. The van der Waals surface area contributed by atoms with Gasteiger partial charge in [0.2, 0.25) is 0 Å². The molecule has 1 fully saturated rings. The Morgan fingerprint density at radius 2 is 1.85 bits per heavy atom. The van der Waals surface area contributed by atoms with Crippen molar-refractivity contribution in [3.63, 3.8) is 0 Å². The van der Waals surface area contributed by atoms with Crippen molar-refractivity contribution >= 4 is 23.3 Å². The number of nitrogens with one attached hydrogen (secondary N) is 2. The second-order valence-corrected chi connectivity index (χ2v) is 6.40. The number of carboxylic acids is 1. The van der Waals surface area contributed by atoms with Crippen LogP contribution in [0.3, 0.4) is 0 Å². The summed E-state index contributed by atoms with van der Waals surface area (Å²) < 4.78 is 5.19. The molecule has 0 unspecified atom stereocenters. The van der Waals surface area contributed by atoms with Gasteiger partial charge in [0.05, 0.1) is 0 Å². The smallest absolute Gasteiger partial charge is 0.341 e. The molecule has 7 nitrogen and oxygen atoms in total. The fourth-order valence-electron chi connectivity index (χ4n) is 2.98. The van der Waals surface area contributed by atoms with E-state index in [1.165, 1.54) is 0 Å². The van der Waals surface area contributed by atoms with Gasteiger partial charge in [-0.1, -0.05) is 0 Å². The average molecular weight is 369 g/mol. The van der Waals surface area contributed by atoms with Gasteiger partial charge in [0.1, 0.15) is 5.75 Å². The van der Waals surface area contributed by atoms with Gasteiger partial charge in [0, 0.05) is 43.1 Å². The molecule has 27 heavy (non-hydrogen) atoms. The number of piperazine rings is 1. The molecule has 0 saturated carbocycles. The summed E-state index contributed by atoms with van der Waals surface area (Å²) >= 11 is 0. The highest BCUT2D eigenvalue weighted by Gasteiger charge is 2.12. The Morgan fingerprint density at radius 1 is 1.15 bits per heavy atom. The molecular formula is C20H23N3O4. The summed E-state index contributed by atoms with van der Waals surface area (Å²) in [5.74, 6) is -0.743. The van der Waals surface area contributed by atoms with Crippen LogP contribution < -0.4 is 20.3 Å². The van der Waals surface area contributed by atoms with E-state index < -0.39 is 12.6 Å². The Kier molecular flexibility index (Phi) is 5.93. The highest BCUT2D eigenvalue weighted by Crippen LogP contribution is 2.23. The first-order chi connectivity index (χ1) is 13.0. The number of rotatable bonds is 6. The van der Waals surface area contributed by atoms with Crippen LogP contribution in [0.4, 0.5) is 11.4 Å². The molecule has 0 aliphatic carbocycles. The van der Waals surface area contributed by atoms with Crippen LogP contribution in [0.25, 0.3) is 0 Å². The number of ether oxygens (including phenoxy) is 1. The van der Waals surface area contributed by atoms with Crippen LogP contribution in [0.5, 0.6) is 5.75 Å². The fraction of sp³-hybridized carbons (Fsp3) is 0.300. The van der Waals surface area contributed by atoms with Crippen molar-refractivity contribution in [2.45, 2.75) is 6.92 Å². The quantitative estimate of drug-likeness (QED) is 0.723. The zero-order chi connectivity index (χ0) is 19.2. The number of hydrogen-bond acceptors (Lipinski definition) is 5. The van der Waals surface area contributed by atoms with E-state index in [2.05, 4.69) is 15.5 Å². The lowest BCUT2D eigenvalue weighted by Crippen LogP contribution is -2.43. The fourth-order valence-corrected chi connectivity index (χ4v) is 2.98. The first kappa shape index (κ1) is 18.7. The molecule has 3 rings (SSSR count). The molecule has 0 atom stereocenters. The maximum atomic E-state index is 12.5. The van der Waals surface area contributed by atoms with E-state index in [1.54, 1.807) is 25.1 Å². The zero-order valence-corrected chi connectivity index (χ0v) is 15.2. The largest absolute Gasteiger partial charge is 0.482 e. The van der Waals surface area contributed by atoms with Crippen LogP contribution in [0.2, 0.25) is 0 Å². The molecular weight excluding hydrogens is 346 g/mol. The summed E-state index contributed by atoms with van der Waals surface area (Å²) in [6.45, 7) is 5.25. The molecule has 2 aromatic rings. The minimum atomic E-state index is -1.03. The first-order valence-electron chi connectivity index (χ1n) is 8.85. The molecule has 1 saturated heterocycles. The third-order valence-corrected chi connectivity index (χ3v) is 4.40. The molecule has 0 aromatic heterocycles. The predicted octanol–water partition coefficient (Wildman–Crippen LogP) is 2.12. The van der Waals surface area contributed by atoms with Gasteiger partial charge in [-0.3, -0.25) is 4.79 Å². The molecule has 1 aliphatic rings. The number of aryl methyl sites for hydroxylation is 1. The standard InChI is InChI=1S/C20H23N3O4/c1-14-12-16(4-7-18(14)27-13-19(24)25)22-20(26)15-2-5-17(6-3-15)23-10-8-21-9-11-23/h2-7,12,21H,8-11,13H2,1H3,(H,22,26)(H,24,25). The third kappa shape index (κ3) is 4.98. The molecule has 3 N–H and O–H groups in total. The maximum Gasteiger partial charge on any atom is 0.341 e. The van der Waals surface area contributed by atoms with Crippen LogP contribution in [0, 0.1) is 6.92 Å². The Morgan fingerprint density at radius 3 is 2.48 bits per heavy atom. The summed E-state index contributed by atoms with van der Waals surface area (Å²) in [6, 6.07) is 12.7. The van der Waals surface area contributed by atoms with E-state index in [0.717, 1.165) is 37.4 Å². The van der Waals surface area contributed by atoms with E-state index in [9.17, 15) is 9.59 Å². The Labute approximate surface area is 157 Å². The lowest BCUT2D eigenvalue weighted by molar-refractivity contribution is -0.139. The monoisotopic (exact) mass is 369 g/mol. The van der Waals surface area contributed by atoms with Crippen molar-refractivity contribution < 1.29 is 19.4 Å². The maximum absolute atomic E-state index is 12.5. The van der Waals surface area contributed by atoms with Crippen molar-refractivity contribution in [3.8, 4) is 5.75 Å². The Hall–Kier alpha value is -3.06. The van der Waals surface area contributed by atoms with Crippen LogP contribution >= 0.6 is 0 Å². The van der Waals surface area contributed by atoms with Gasteiger partial charge < -0.3 is 25.4 Å². The molecule has 1 heterocycles. The molecule has 2 aromatic carbocycles. The molecule has 142 valence electrons. The van der Waals surface area contributed by atoms with Gasteiger partial charge in [-0.2, -0.15) is 0 Å². The van der Waals surface area contributed by atoms with Crippen molar-refractivity contribution in [3.05, 3.63) is 53.6 Å². The predicted molar refractivity (Wildman–Crippen MR) is 104 cm³/mol. The topological polar surface area (TPSA) is 90.9 Å². The van der Waals surface area contributed by atoms with Gasteiger partial charge in [-0.25, -0.2) is 4.79 Å². The second-order valence-electron chi connectivity index (χ2n) is 6.40. The molecule has 1 amide bonds. The van der Waals surface area contributed by atoms with Crippen LogP contribution in [0.15, 0.2) is 42.5 Å². The van der Waals surface area contributed by atoms with Crippen molar-refractivity contribution in [1.29, 1.82) is 0 Å². The summed E-state index contributed by atoms with van der Waals surface area (Å²) in [5, 5.41) is 14.9. The molecule has 0 radical (unpaired) electrons. The first-order valence-corrected chi connectivity index (χ1v) is 8.85. The number of carbonyl (C=O) groups excluding carboxylic acids is 1. The number of carboxylic acid groups (broad SMARTS) is 1. The van der Waals surface area contributed by atoms with Gasteiger partial charge >= 0.3 is 5.97 Å². The highest BCUT2D eigenvalue weighted by atomic mass is 16.5. The minimum absolute atomic E-state index is 0.194. The second kappa shape index (κ2) is 8.55. The van der Waals surface area contributed by atoms with E-state index >= 15 is 0 Å². The van der Waals surface area contributed by atoms with E-state index in [0.29, 0.717) is 17.0 Å². The van der Waals surface area contributed by atoms with Crippen molar-refractivity contribution in [2.75, 3.05) is 43.0 Å². The molecule has 0 bridgehead atoms. The Balaban J connectivity index is 1.62. The SMILES string of the molecule is Cc1cc(NC(=O)c2ccc(N3CCNCC3)cc2)ccc1OCC(=O)O. The normalized spacial score (nSPS) is 13.9. The van der Waals surface area contributed by atoms with Gasteiger partial charge in [0.25, 0.3) is 5.91 Å². The van der Waals surface area contributed by atoms with E-state index in [4.69, 9.17) is 9.84 Å². The number of amides is 1. The summed E-state index contributed by atoms with van der Waals surface area (Å²) in [4.78, 5) is 25.3. The van der Waals surface area contributed by atoms with Crippen LogP contribution in [-0.4, -0.2) is 49.8 Å². The van der Waals surface area contributed by atoms with Gasteiger partial charge in [0.15, 0.2) is 6.61 Å². The van der Waals surface area contributed by atoms with Crippen molar-refractivity contribution in [2.24, 2.45) is 0 Å². The van der Waals surface area contributed by atoms with Crippen LogP contribution in [0.1, 0.15) is 15.9 Å². The summed E-state index contributed by atoms with van der Waals surface area (Å²) in [6.07, 6.45) is 0. The molecule has 0 spiro atoms. The number of anilines is 2. The third-order valence-electron chi connectivity index (χ3n) is 4.40. The van der Waals surface area contributed by atoms with E-state index in [-0.39, 0.29) is 5.91 Å². The zero-order valence-electron chi connectivity index (χ0n) is 15.2. The van der Waals surface area contributed by atoms with Crippen molar-refractivity contribution in [1.82, 2.24) is 5.32 Å². The lowest BCUT2D eigenvalue weighted by Gasteiger charge is -2.29. The van der Waals surface area contributed by atoms with E-state index in [1.807, 2.05) is 24.3 Å². The Bertz CT molecular complexity index is 814. The number of benzene rings is 2.